The van der Waals surface area contributed by atoms with Crippen molar-refractivity contribution in [1.29, 1.82) is 0 Å². The van der Waals surface area contributed by atoms with E-state index in [2.05, 4.69) is 55.8 Å². The van der Waals surface area contributed by atoms with Crippen LogP contribution in [0.25, 0.3) is 11.1 Å². The Morgan fingerprint density at radius 2 is 1.53 bits per heavy atom. The van der Waals surface area contributed by atoms with Crippen LogP contribution in [0.3, 0.4) is 0 Å². The van der Waals surface area contributed by atoms with Gasteiger partial charge in [0.15, 0.2) is 0 Å². The molecule has 0 atom stereocenters. The molecule has 0 saturated carbocycles. The SMILES string of the molecule is Cc1cccc2c1[CH]c1ccccc1-2.[Cl][Zr][Cl]. The van der Waals surface area contributed by atoms with Crippen molar-refractivity contribution in [3.8, 4) is 11.1 Å². The molecule has 0 nitrogen and oxygen atoms in total. The standard InChI is InChI=1S/C14H11.2ClH.Zr/c1-10-5-4-8-13-12-7-3-2-6-11(12)9-14(10)13;;;/h2-9H,1H3;2*1H;/q;;;+2/p-2. The third kappa shape index (κ3) is 2.84. The summed E-state index contributed by atoms with van der Waals surface area (Å²) in [6, 6.07) is 15.1. The van der Waals surface area contributed by atoms with Gasteiger partial charge in [0, 0.05) is 6.42 Å². The van der Waals surface area contributed by atoms with Gasteiger partial charge >= 0.3 is 37.9 Å². The predicted octanol–water partition coefficient (Wildman–Crippen LogP) is 4.95. The van der Waals surface area contributed by atoms with Crippen molar-refractivity contribution >= 4 is 17.0 Å². The molecule has 0 heterocycles. The van der Waals surface area contributed by atoms with E-state index in [0.717, 1.165) is 0 Å². The fourth-order valence-electron chi connectivity index (χ4n) is 2.13. The van der Waals surface area contributed by atoms with Crippen LogP contribution in [0, 0.1) is 13.3 Å². The van der Waals surface area contributed by atoms with Gasteiger partial charge in [0.2, 0.25) is 0 Å². The predicted molar refractivity (Wildman–Crippen MR) is 70.8 cm³/mol. The first-order chi connectivity index (χ1) is 8.27. The molecule has 1 aliphatic carbocycles. The van der Waals surface area contributed by atoms with Crippen LogP contribution in [0.15, 0.2) is 42.5 Å². The van der Waals surface area contributed by atoms with Crippen molar-refractivity contribution in [2.24, 2.45) is 0 Å². The zero-order chi connectivity index (χ0) is 12.3. The maximum absolute atomic E-state index is 4.93. The Kier molecular flexibility index (Phi) is 4.85. The second-order valence-corrected chi connectivity index (χ2v) is 7.57. The van der Waals surface area contributed by atoms with E-state index in [4.69, 9.17) is 17.0 Å². The minimum absolute atomic E-state index is 0.826. The Labute approximate surface area is 121 Å². The number of rotatable bonds is 0. The number of halogens is 2. The quantitative estimate of drug-likeness (QED) is 0.543. The summed E-state index contributed by atoms with van der Waals surface area (Å²) in [5, 5.41) is 0. The van der Waals surface area contributed by atoms with E-state index in [1.54, 1.807) is 0 Å². The molecule has 0 bridgehead atoms. The van der Waals surface area contributed by atoms with Gasteiger partial charge in [-0.15, -0.1) is 0 Å². The monoisotopic (exact) mass is 339 g/mol. The van der Waals surface area contributed by atoms with Crippen molar-refractivity contribution < 1.29 is 20.8 Å². The third-order valence-electron chi connectivity index (χ3n) is 2.87. The molecular formula is C14H11Cl2Zr. The summed E-state index contributed by atoms with van der Waals surface area (Å²) in [5.41, 5.74) is 6.83. The van der Waals surface area contributed by atoms with Gasteiger partial charge in [-0.2, -0.15) is 0 Å². The average molecular weight is 341 g/mol. The molecule has 0 fully saturated rings. The second kappa shape index (κ2) is 6.18. The summed E-state index contributed by atoms with van der Waals surface area (Å²) in [6.07, 6.45) is 2.28. The van der Waals surface area contributed by atoms with E-state index in [-0.39, 0.29) is 0 Å². The van der Waals surface area contributed by atoms with E-state index in [1.807, 2.05) is 0 Å². The van der Waals surface area contributed by atoms with Gasteiger partial charge in [-0.1, -0.05) is 42.5 Å². The summed E-state index contributed by atoms with van der Waals surface area (Å²) in [4.78, 5) is 0. The Morgan fingerprint density at radius 3 is 2.29 bits per heavy atom. The molecule has 0 N–H and O–H groups in total. The Morgan fingerprint density at radius 1 is 0.882 bits per heavy atom. The van der Waals surface area contributed by atoms with E-state index in [0.29, 0.717) is 0 Å². The number of hydrogen-bond donors (Lipinski definition) is 0. The number of aryl methyl sites for hydroxylation is 1. The van der Waals surface area contributed by atoms with Gasteiger partial charge in [-0.05, 0) is 34.7 Å². The molecule has 0 unspecified atom stereocenters. The van der Waals surface area contributed by atoms with E-state index >= 15 is 0 Å². The number of benzene rings is 2. The normalized spacial score (nSPS) is 11.0. The molecule has 2 aromatic carbocycles. The molecule has 3 rings (SSSR count). The fraction of sp³-hybridized carbons (Fsp3) is 0.0714. The Balaban J connectivity index is 0.000000329. The summed E-state index contributed by atoms with van der Waals surface area (Å²) in [6.45, 7) is 2.17. The molecule has 2 aromatic rings. The van der Waals surface area contributed by atoms with Gasteiger partial charge in [0.1, 0.15) is 0 Å². The maximum atomic E-state index is 4.93. The van der Waals surface area contributed by atoms with Crippen LogP contribution >= 0.6 is 17.0 Å². The summed E-state index contributed by atoms with van der Waals surface area (Å²) in [7, 11) is 9.87. The molecular weight excluding hydrogens is 330 g/mol. The summed E-state index contributed by atoms with van der Waals surface area (Å²) in [5.74, 6) is 0. The summed E-state index contributed by atoms with van der Waals surface area (Å²) >= 11 is -0.826. The van der Waals surface area contributed by atoms with Gasteiger partial charge in [-0.25, -0.2) is 0 Å². The molecule has 1 aliphatic rings. The van der Waals surface area contributed by atoms with Crippen LogP contribution in [0.1, 0.15) is 16.7 Å². The molecule has 0 aromatic heterocycles. The molecule has 0 aliphatic heterocycles. The van der Waals surface area contributed by atoms with Crippen LogP contribution in [0.5, 0.6) is 0 Å². The van der Waals surface area contributed by atoms with E-state index in [9.17, 15) is 0 Å². The first kappa shape index (κ1) is 13.3. The molecule has 0 amide bonds. The third-order valence-corrected chi connectivity index (χ3v) is 2.87. The van der Waals surface area contributed by atoms with Crippen molar-refractivity contribution in [2.45, 2.75) is 6.92 Å². The van der Waals surface area contributed by atoms with Gasteiger partial charge in [0.05, 0.1) is 0 Å². The first-order valence-electron chi connectivity index (χ1n) is 5.28. The van der Waals surface area contributed by atoms with Crippen LogP contribution in [-0.4, -0.2) is 0 Å². The molecule has 0 saturated heterocycles. The van der Waals surface area contributed by atoms with Crippen molar-refractivity contribution in [3.05, 3.63) is 65.6 Å². The van der Waals surface area contributed by atoms with Crippen LogP contribution in [0.2, 0.25) is 0 Å². The fourth-order valence-corrected chi connectivity index (χ4v) is 2.13. The zero-order valence-electron chi connectivity index (χ0n) is 9.37. The van der Waals surface area contributed by atoms with Crippen molar-refractivity contribution in [3.63, 3.8) is 0 Å². The van der Waals surface area contributed by atoms with E-state index in [1.165, 1.54) is 27.8 Å². The molecule has 17 heavy (non-hydrogen) atoms. The minimum atomic E-state index is -0.826. The van der Waals surface area contributed by atoms with Gasteiger partial charge in [0.25, 0.3) is 0 Å². The summed E-state index contributed by atoms with van der Waals surface area (Å²) < 4.78 is 0. The van der Waals surface area contributed by atoms with Crippen molar-refractivity contribution in [1.82, 2.24) is 0 Å². The Bertz CT molecular complexity index is 523. The number of fused-ring (bicyclic) bond motifs is 3. The van der Waals surface area contributed by atoms with Gasteiger partial charge in [-0.3, -0.25) is 0 Å². The molecule has 0 spiro atoms. The molecule has 3 heteroatoms. The van der Waals surface area contributed by atoms with Crippen molar-refractivity contribution in [2.75, 3.05) is 0 Å². The zero-order valence-corrected chi connectivity index (χ0v) is 13.3. The van der Waals surface area contributed by atoms with Crippen LogP contribution in [-0.2, 0) is 20.8 Å². The van der Waals surface area contributed by atoms with Crippen LogP contribution < -0.4 is 0 Å². The van der Waals surface area contributed by atoms with E-state index < -0.39 is 20.8 Å². The molecule has 1 radical (unpaired) electrons. The number of hydrogen-bond acceptors (Lipinski definition) is 0. The Hall–Kier alpha value is -0.0969. The second-order valence-electron chi connectivity index (χ2n) is 3.84. The van der Waals surface area contributed by atoms with Crippen LogP contribution in [0.4, 0.5) is 0 Å². The average Bonchev–Trinajstić information content (AvgIpc) is 2.71. The topological polar surface area (TPSA) is 0 Å². The first-order valence-corrected chi connectivity index (χ1v) is 11.6. The van der Waals surface area contributed by atoms with Gasteiger partial charge < -0.3 is 0 Å². The molecule has 85 valence electrons.